The molecule has 2 heteroatoms. The second-order valence-electron chi connectivity index (χ2n) is 5.09. The lowest BCUT2D eigenvalue weighted by atomic mass is 9.98. The third kappa shape index (κ3) is 3.06. The summed E-state index contributed by atoms with van der Waals surface area (Å²) in [6.07, 6.45) is 0. The van der Waals surface area contributed by atoms with Crippen LogP contribution >= 0.6 is 15.9 Å². The maximum atomic E-state index is 8.57. The lowest BCUT2D eigenvalue weighted by Gasteiger charge is -2.10. The molecule has 0 aromatic heterocycles. The van der Waals surface area contributed by atoms with Gasteiger partial charge in [0.2, 0.25) is 0 Å². The van der Waals surface area contributed by atoms with E-state index in [2.05, 4.69) is 21.2 Å². The van der Waals surface area contributed by atoms with Gasteiger partial charge in [-0.05, 0) is 58.2 Å². The zero-order chi connectivity index (χ0) is 23.3. The number of nitrogens with one attached hydrogen (secondary N) is 1. The van der Waals surface area contributed by atoms with Crippen molar-refractivity contribution >= 4 is 38.1 Å². The Morgan fingerprint density at radius 3 is 2.08 bits per heavy atom. The number of hydrogen-bond donors (Lipinski definition) is 1. The number of anilines is 2. The molecular formula is C22H16BrN. The lowest BCUT2D eigenvalue weighted by molar-refractivity contribution is 1.53. The second kappa shape index (κ2) is 6.50. The smallest absolute Gasteiger partial charge is 0.0645 e. The van der Waals surface area contributed by atoms with E-state index in [1.54, 1.807) is 12.1 Å². The minimum atomic E-state index is -0.382. The Labute approximate surface area is 161 Å². The fraction of sp³-hybridized carbons (Fsp3) is 0. The molecule has 0 aliphatic rings. The van der Waals surface area contributed by atoms with Gasteiger partial charge in [-0.2, -0.15) is 0 Å². The number of benzene rings is 4. The normalized spacial score (nSPS) is 15.4. The topological polar surface area (TPSA) is 12.0 Å². The molecule has 0 fully saturated rings. The van der Waals surface area contributed by atoms with E-state index in [4.69, 9.17) is 11.0 Å². The van der Waals surface area contributed by atoms with Crippen LogP contribution in [0.15, 0.2) is 95.3 Å². The molecular weight excluding hydrogens is 358 g/mol. The molecule has 0 amide bonds. The van der Waals surface area contributed by atoms with Crippen molar-refractivity contribution in [3.05, 3.63) is 95.3 Å². The highest BCUT2D eigenvalue weighted by molar-refractivity contribution is 9.10. The maximum absolute atomic E-state index is 8.57. The Hall–Kier alpha value is -2.58. The van der Waals surface area contributed by atoms with Gasteiger partial charge in [0, 0.05) is 15.8 Å². The monoisotopic (exact) mass is 381 g/mol. The highest BCUT2D eigenvalue weighted by Crippen LogP contribution is 2.30. The molecule has 0 radical (unpaired) electrons. The molecule has 0 aliphatic heterocycles. The third-order valence-electron chi connectivity index (χ3n) is 3.53. The van der Waals surface area contributed by atoms with Crippen LogP contribution in [0.25, 0.3) is 21.9 Å². The first-order chi connectivity index (χ1) is 15.1. The van der Waals surface area contributed by atoms with E-state index in [-0.39, 0.29) is 69.8 Å². The molecule has 0 spiro atoms. The Balaban J connectivity index is 1.94. The fourth-order valence-electron chi connectivity index (χ4n) is 2.44. The summed E-state index contributed by atoms with van der Waals surface area (Å²) in [5.74, 6) is 0. The van der Waals surface area contributed by atoms with Crippen LogP contribution in [0, 0.1) is 0 Å². The highest BCUT2D eigenvalue weighted by atomic mass is 79.9. The molecule has 0 atom stereocenters. The van der Waals surface area contributed by atoms with E-state index in [0.29, 0.717) is 5.56 Å². The molecule has 0 saturated carbocycles. The van der Waals surface area contributed by atoms with Crippen molar-refractivity contribution in [2.45, 2.75) is 0 Å². The van der Waals surface area contributed by atoms with Gasteiger partial charge in [-0.15, -0.1) is 0 Å². The minimum absolute atomic E-state index is 0.00362. The first kappa shape index (κ1) is 8.50. The summed E-state index contributed by atoms with van der Waals surface area (Å²) in [5, 5.41) is 4.33. The summed E-state index contributed by atoms with van der Waals surface area (Å²) in [7, 11) is 0. The Morgan fingerprint density at radius 2 is 1.33 bits per heavy atom. The van der Waals surface area contributed by atoms with Crippen LogP contribution in [0.1, 0.15) is 11.0 Å². The van der Waals surface area contributed by atoms with Gasteiger partial charge < -0.3 is 5.32 Å². The standard InChI is InChI=1S/C22H16BrN/c23-18-10-14-20(15-11-18)24-19-12-8-17(9-13-19)22-7-3-5-16-4-1-2-6-21(16)22/h1-15,24H/i8D,9D,10D,11D,12D,13D,14D,15D. The Bertz CT molecular complexity index is 1340. The summed E-state index contributed by atoms with van der Waals surface area (Å²) in [6.45, 7) is 0. The molecule has 1 N–H and O–H groups in total. The summed E-state index contributed by atoms with van der Waals surface area (Å²) >= 11 is 3.03. The fourth-order valence-corrected chi connectivity index (χ4v) is 2.64. The molecule has 0 heterocycles. The van der Waals surface area contributed by atoms with Crippen LogP contribution in [0.5, 0.6) is 0 Å². The average Bonchev–Trinajstić information content (AvgIpc) is 2.80. The lowest BCUT2D eigenvalue weighted by Crippen LogP contribution is -1.90. The van der Waals surface area contributed by atoms with Crippen molar-refractivity contribution in [1.29, 1.82) is 0 Å². The largest absolute Gasteiger partial charge is 0.356 e. The van der Waals surface area contributed by atoms with E-state index in [1.807, 2.05) is 30.3 Å². The Morgan fingerprint density at radius 1 is 0.708 bits per heavy atom. The number of rotatable bonds is 3. The van der Waals surface area contributed by atoms with Gasteiger partial charge in [0.05, 0.1) is 11.0 Å². The molecule has 24 heavy (non-hydrogen) atoms. The van der Waals surface area contributed by atoms with E-state index in [0.717, 1.165) is 10.8 Å². The van der Waals surface area contributed by atoms with Gasteiger partial charge in [0.1, 0.15) is 0 Å². The van der Waals surface area contributed by atoms with Crippen LogP contribution in [-0.4, -0.2) is 0 Å². The Kier molecular flexibility index (Phi) is 2.30. The minimum Gasteiger partial charge on any atom is -0.356 e. The predicted octanol–water partition coefficient (Wildman–Crippen LogP) is 7.01. The zero-order valence-corrected chi connectivity index (χ0v) is 14.0. The van der Waals surface area contributed by atoms with Gasteiger partial charge in [-0.1, -0.05) is 70.5 Å². The number of hydrogen-bond acceptors (Lipinski definition) is 1. The van der Waals surface area contributed by atoms with E-state index in [9.17, 15) is 0 Å². The number of halogens is 1. The van der Waals surface area contributed by atoms with E-state index >= 15 is 0 Å². The third-order valence-corrected chi connectivity index (χ3v) is 3.92. The van der Waals surface area contributed by atoms with E-state index in [1.165, 1.54) is 0 Å². The molecule has 0 saturated heterocycles. The van der Waals surface area contributed by atoms with Crippen molar-refractivity contribution in [2.75, 3.05) is 5.32 Å². The summed E-state index contributed by atoms with van der Waals surface area (Å²) in [5.41, 5.74) is 0.284. The van der Waals surface area contributed by atoms with E-state index < -0.39 is 0 Å². The predicted molar refractivity (Wildman–Crippen MR) is 107 cm³/mol. The van der Waals surface area contributed by atoms with Crippen LogP contribution < -0.4 is 5.32 Å². The van der Waals surface area contributed by atoms with Crippen LogP contribution in [-0.2, 0) is 0 Å². The molecule has 4 aromatic carbocycles. The molecule has 0 aliphatic carbocycles. The van der Waals surface area contributed by atoms with Crippen molar-refractivity contribution in [3.63, 3.8) is 0 Å². The van der Waals surface area contributed by atoms with Crippen molar-refractivity contribution in [3.8, 4) is 11.1 Å². The molecule has 1 nitrogen and oxygen atoms in total. The summed E-state index contributed by atoms with van der Waals surface area (Å²) in [4.78, 5) is 0. The van der Waals surface area contributed by atoms with Crippen molar-refractivity contribution in [1.82, 2.24) is 0 Å². The summed E-state index contributed by atoms with van der Waals surface area (Å²) in [6, 6.07) is 10.3. The quantitative estimate of drug-likeness (QED) is 0.402. The van der Waals surface area contributed by atoms with Gasteiger partial charge in [-0.3, -0.25) is 0 Å². The molecule has 4 rings (SSSR count). The van der Waals surface area contributed by atoms with Gasteiger partial charge in [0.25, 0.3) is 0 Å². The number of fused-ring (bicyclic) bond motifs is 1. The molecule has 4 aromatic rings. The first-order valence-electron chi connectivity index (χ1n) is 11.3. The maximum Gasteiger partial charge on any atom is 0.0645 e. The van der Waals surface area contributed by atoms with Crippen molar-refractivity contribution < 1.29 is 11.0 Å². The van der Waals surface area contributed by atoms with Crippen LogP contribution in [0.3, 0.4) is 0 Å². The molecule has 0 bridgehead atoms. The van der Waals surface area contributed by atoms with Gasteiger partial charge in [0.15, 0.2) is 0 Å². The zero-order valence-electron chi connectivity index (χ0n) is 20.4. The molecule has 0 unspecified atom stereocenters. The molecule has 116 valence electrons. The van der Waals surface area contributed by atoms with Gasteiger partial charge in [-0.25, -0.2) is 0 Å². The highest BCUT2D eigenvalue weighted by Gasteiger charge is 2.03. The summed E-state index contributed by atoms with van der Waals surface area (Å²) < 4.78 is 66.3. The van der Waals surface area contributed by atoms with Crippen LogP contribution in [0.4, 0.5) is 11.4 Å². The first-order valence-corrected chi connectivity index (χ1v) is 8.05. The SMILES string of the molecule is [2H]c1c([2H])c(Nc2c([2H])c([2H])c(-c3cccc4ccccc34)c([2H])c2[2H])c([2H])c([2H])c1Br. The average molecular weight is 382 g/mol. The van der Waals surface area contributed by atoms with Crippen molar-refractivity contribution in [2.24, 2.45) is 0 Å². The second-order valence-corrected chi connectivity index (χ2v) is 5.88. The van der Waals surface area contributed by atoms with Crippen LogP contribution in [0.2, 0.25) is 0 Å². The van der Waals surface area contributed by atoms with Gasteiger partial charge >= 0.3 is 0 Å².